The Labute approximate surface area is 279 Å². The average molecular weight is 662 g/mol. The maximum Gasteiger partial charge on any atom is 0.314 e. The number of carbonyl (C=O) groups is 3. The molecule has 0 radical (unpaired) electrons. The number of ether oxygens (including phenoxy) is 6. The van der Waals surface area contributed by atoms with Crippen molar-refractivity contribution in [1.82, 2.24) is 15.5 Å². The van der Waals surface area contributed by atoms with Gasteiger partial charge in [-0.15, -0.1) is 0 Å². The molecule has 0 saturated carbocycles. The van der Waals surface area contributed by atoms with Gasteiger partial charge in [-0.25, -0.2) is 4.79 Å². The van der Waals surface area contributed by atoms with Gasteiger partial charge >= 0.3 is 6.03 Å². The maximum atomic E-state index is 12.4. The van der Waals surface area contributed by atoms with Crippen LogP contribution in [0.4, 0.5) is 4.79 Å². The van der Waals surface area contributed by atoms with E-state index in [1.807, 2.05) is 0 Å². The number of ketones is 2. The summed E-state index contributed by atoms with van der Waals surface area (Å²) in [7, 11) is 0. The monoisotopic (exact) mass is 661 g/mol. The van der Waals surface area contributed by atoms with E-state index in [4.69, 9.17) is 28.4 Å². The third-order valence-corrected chi connectivity index (χ3v) is 6.76. The molecular formula is C34H67N3O9. The molecule has 0 saturated heterocycles. The van der Waals surface area contributed by atoms with Crippen LogP contribution in [0.25, 0.3) is 0 Å². The van der Waals surface area contributed by atoms with Crippen LogP contribution < -0.4 is 10.6 Å². The molecule has 0 aliphatic rings. The first-order valence-electron chi connectivity index (χ1n) is 17.8. The van der Waals surface area contributed by atoms with Crippen LogP contribution in [0.5, 0.6) is 0 Å². The highest BCUT2D eigenvalue weighted by Crippen LogP contribution is 2.05. The van der Waals surface area contributed by atoms with Crippen molar-refractivity contribution < 1.29 is 42.8 Å². The van der Waals surface area contributed by atoms with Gasteiger partial charge in [0.2, 0.25) is 0 Å². The predicted molar refractivity (Wildman–Crippen MR) is 181 cm³/mol. The van der Waals surface area contributed by atoms with Crippen LogP contribution in [0.15, 0.2) is 0 Å². The van der Waals surface area contributed by atoms with Crippen molar-refractivity contribution in [2.75, 3.05) is 112 Å². The number of carbonyl (C=O) groups excluding carboxylic acids is 3. The van der Waals surface area contributed by atoms with Crippen LogP contribution >= 0.6 is 0 Å². The molecule has 0 heterocycles. The highest BCUT2D eigenvalue weighted by molar-refractivity contribution is 5.78. The Morgan fingerprint density at radius 2 is 0.804 bits per heavy atom. The fraction of sp³-hybridized carbons (Fsp3) is 0.912. The second-order valence-corrected chi connectivity index (χ2v) is 11.2. The minimum atomic E-state index is -0.241. The lowest BCUT2D eigenvalue weighted by Crippen LogP contribution is -2.42. The molecule has 0 aliphatic heterocycles. The zero-order chi connectivity index (χ0) is 33.8. The number of nitrogens with zero attached hydrogens (tertiary/aromatic N) is 1. The molecule has 46 heavy (non-hydrogen) atoms. The van der Waals surface area contributed by atoms with E-state index in [1.165, 1.54) is 0 Å². The van der Waals surface area contributed by atoms with Gasteiger partial charge in [0, 0.05) is 78.4 Å². The van der Waals surface area contributed by atoms with Crippen molar-refractivity contribution in [2.24, 2.45) is 0 Å². The fourth-order valence-electron chi connectivity index (χ4n) is 4.35. The van der Waals surface area contributed by atoms with E-state index in [9.17, 15) is 14.4 Å². The Kier molecular flexibility index (Phi) is 34.9. The fourth-order valence-corrected chi connectivity index (χ4v) is 4.35. The molecule has 0 fully saturated rings. The molecule has 0 rings (SSSR count). The summed E-state index contributed by atoms with van der Waals surface area (Å²) in [6.45, 7) is 16.3. The van der Waals surface area contributed by atoms with Gasteiger partial charge in [0.25, 0.3) is 0 Å². The van der Waals surface area contributed by atoms with Gasteiger partial charge in [-0.3, -0.25) is 9.59 Å². The highest BCUT2D eigenvalue weighted by Gasteiger charge is 2.10. The van der Waals surface area contributed by atoms with Crippen LogP contribution in [0, 0.1) is 0 Å². The number of Topliss-reactive ketones (excluding diaryl/α,β-unsaturated/α-hetero) is 2. The lowest BCUT2D eigenvalue weighted by atomic mass is 10.1. The predicted octanol–water partition coefficient (Wildman–Crippen LogP) is 4.18. The minimum Gasteiger partial charge on any atom is -0.379 e. The molecule has 0 aromatic heterocycles. The zero-order valence-corrected chi connectivity index (χ0v) is 29.4. The minimum absolute atomic E-state index is 0.233. The Bertz CT molecular complexity index is 610. The molecule has 12 heteroatoms. The van der Waals surface area contributed by atoms with Crippen LogP contribution in [-0.4, -0.2) is 135 Å². The van der Waals surface area contributed by atoms with Crippen molar-refractivity contribution in [3.05, 3.63) is 0 Å². The molecular weight excluding hydrogens is 594 g/mol. The quantitative estimate of drug-likeness (QED) is 0.0935. The normalized spacial score (nSPS) is 11.3. The Morgan fingerprint density at radius 3 is 1.24 bits per heavy atom. The van der Waals surface area contributed by atoms with Crippen LogP contribution in [0.1, 0.15) is 91.4 Å². The van der Waals surface area contributed by atoms with Crippen molar-refractivity contribution in [2.45, 2.75) is 91.4 Å². The molecule has 0 aliphatic carbocycles. The number of nitrogens with one attached hydrogen (secondary N) is 2. The van der Waals surface area contributed by atoms with E-state index < -0.39 is 0 Å². The van der Waals surface area contributed by atoms with Gasteiger partial charge in [-0.2, -0.15) is 0 Å². The maximum absolute atomic E-state index is 12.4. The molecule has 0 bridgehead atoms. The molecule has 0 unspecified atom stereocenters. The van der Waals surface area contributed by atoms with Crippen molar-refractivity contribution in [3.63, 3.8) is 0 Å². The van der Waals surface area contributed by atoms with Gasteiger partial charge in [0.15, 0.2) is 0 Å². The van der Waals surface area contributed by atoms with Gasteiger partial charge in [-0.05, 0) is 58.0 Å². The molecule has 0 aromatic carbocycles. The molecule has 0 spiro atoms. The van der Waals surface area contributed by atoms with Gasteiger partial charge in [-0.1, -0.05) is 20.8 Å². The lowest BCUT2D eigenvalue weighted by Gasteiger charge is -2.22. The van der Waals surface area contributed by atoms with E-state index >= 15 is 0 Å². The van der Waals surface area contributed by atoms with Crippen LogP contribution in [0.2, 0.25) is 0 Å². The summed E-state index contributed by atoms with van der Waals surface area (Å²) in [5.74, 6) is 0.466. The van der Waals surface area contributed by atoms with Crippen molar-refractivity contribution in [3.8, 4) is 0 Å². The van der Waals surface area contributed by atoms with E-state index in [1.54, 1.807) is 0 Å². The van der Waals surface area contributed by atoms with E-state index in [-0.39, 0.29) is 17.6 Å². The largest absolute Gasteiger partial charge is 0.379 e. The summed E-state index contributed by atoms with van der Waals surface area (Å²) in [5, 5.41) is 5.69. The molecule has 0 atom stereocenters. The highest BCUT2D eigenvalue weighted by atomic mass is 16.5. The summed E-state index contributed by atoms with van der Waals surface area (Å²) in [5.41, 5.74) is 0. The summed E-state index contributed by atoms with van der Waals surface area (Å²) >= 11 is 0. The number of rotatable bonds is 37. The second-order valence-electron chi connectivity index (χ2n) is 11.2. The molecule has 2 amide bonds. The van der Waals surface area contributed by atoms with Crippen molar-refractivity contribution >= 4 is 17.6 Å². The molecule has 2 N–H and O–H groups in total. The van der Waals surface area contributed by atoms with E-state index in [0.717, 1.165) is 65.0 Å². The summed E-state index contributed by atoms with van der Waals surface area (Å²) in [4.78, 5) is 39.2. The zero-order valence-electron chi connectivity index (χ0n) is 29.4. The number of amides is 2. The Morgan fingerprint density at radius 1 is 0.435 bits per heavy atom. The van der Waals surface area contributed by atoms with Gasteiger partial charge in [0.05, 0.1) is 46.2 Å². The third kappa shape index (κ3) is 33.7. The van der Waals surface area contributed by atoms with Gasteiger partial charge < -0.3 is 44.0 Å². The summed E-state index contributed by atoms with van der Waals surface area (Å²) < 4.78 is 32.7. The Balaban J connectivity index is 4.29. The van der Waals surface area contributed by atoms with Crippen molar-refractivity contribution in [1.29, 1.82) is 0 Å². The summed E-state index contributed by atoms with van der Waals surface area (Å²) in [6, 6.07) is -0.241. The van der Waals surface area contributed by atoms with E-state index in [0.29, 0.717) is 118 Å². The molecule has 0 aromatic rings. The molecule has 12 nitrogen and oxygen atoms in total. The standard InChI is InChI=1S/C34H67N3O9/c1-4-20-41-26-29-44-23-9-13-32(38)11-7-17-37(18-8-12-33(39)14-10-24-45-30-27-42-21-5-2)19-15-35-34(40)36-16-25-46-31-28-43-22-6-3/h4-31H2,1-3H3,(H2,35,36,40). The second kappa shape index (κ2) is 36.2. The number of urea groups is 1. The van der Waals surface area contributed by atoms with E-state index in [2.05, 4.69) is 36.3 Å². The molecule has 272 valence electrons. The number of hydrogen-bond donors (Lipinski definition) is 2. The SMILES string of the molecule is CCCOCCOCCCC(=O)CCCN(CCCC(=O)CCCOCCOCCC)CCNC(=O)NCCOCCOCCC. The third-order valence-electron chi connectivity index (χ3n) is 6.76. The smallest absolute Gasteiger partial charge is 0.314 e. The first kappa shape index (κ1) is 44.3. The average Bonchev–Trinajstić information content (AvgIpc) is 3.04. The first-order chi connectivity index (χ1) is 22.5. The lowest BCUT2D eigenvalue weighted by molar-refractivity contribution is -0.120. The summed E-state index contributed by atoms with van der Waals surface area (Å²) in [6.07, 6.45) is 7.92. The first-order valence-corrected chi connectivity index (χ1v) is 17.8. The van der Waals surface area contributed by atoms with Crippen LogP contribution in [0.3, 0.4) is 0 Å². The number of hydrogen-bond acceptors (Lipinski definition) is 10. The Hall–Kier alpha value is -1.67. The van der Waals surface area contributed by atoms with Crippen LogP contribution in [-0.2, 0) is 38.0 Å². The topological polar surface area (TPSA) is 134 Å². The van der Waals surface area contributed by atoms with Gasteiger partial charge in [0.1, 0.15) is 11.6 Å².